The molecule has 0 radical (unpaired) electrons. The van der Waals surface area contributed by atoms with Gasteiger partial charge in [-0.1, -0.05) is 30.3 Å². The minimum absolute atomic E-state index is 0.475. The molecule has 152 valence electrons. The summed E-state index contributed by atoms with van der Waals surface area (Å²) < 4.78 is 23.2. The van der Waals surface area contributed by atoms with Gasteiger partial charge in [-0.25, -0.2) is 0 Å². The molecule has 0 amide bonds. The van der Waals surface area contributed by atoms with E-state index < -0.39 is 10.8 Å². The third-order valence-corrected chi connectivity index (χ3v) is 5.12. The van der Waals surface area contributed by atoms with Gasteiger partial charge in [-0.3, -0.25) is 9.20 Å². The molecule has 0 aliphatic carbocycles. The molecular formula is C21H29N3O3S. The quantitative estimate of drug-likeness (QED) is 0.470. The van der Waals surface area contributed by atoms with Gasteiger partial charge < -0.3 is 20.1 Å². The molecule has 0 aromatic heterocycles. The van der Waals surface area contributed by atoms with Gasteiger partial charge in [0, 0.05) is 40.6 Å². The smallest absolute Gasteiger partial charge is 0.195 e. The SMILES string of the molecule is CCNC(=NCCS(=O)Cc1ccccc1)Nc1ccc(OC)c(OCC)c1. The summed E-state index contributed by atoms with van der Waals surface area (Å²) in [5.41, 5.74) is 1.92. The zero-order valence-corrected chi connectivity index (χ0v) is 17.6. The number of methoxy groups -OCH3 is 1. The number of hydrogen-bond donors (Lipinski definition) is 2. The Morgan fingerprint density at radius 1 is 1.11 bits per heavy atom. The van der Waals surface area contributed by atoms with Gasteiger partial charge in [0.2, 0.25) is 0 Å². The maximum atomic E-state index is 12.3. The molecule has 2 N–H and O–H groups in total. The summed E-state index contributed by atoms with van der Waals surface area (Å²) in [6.45, 7) is 5.70. The van der Waals surface area contributed by atoms with Gasteiger partial charge >= 0.3 is 0 Å². The van der Waals surface area contributed by atoms with Crippen LogP contribution in [0.1, 0.15) is 19.4 Å². The van der Waals surface area contributed by atoms with E-state index in [9.17, 15) is 4.21 Å². The highest BCUT2D eigenvalue weighted by Gasteiger charge is 2.07. The predicted molar refractivity (Wildman–Crippen MR) is 117 cm³/mol. The van der Waals surface area contributed by atoms with E-state index in [1.807, 2.05) is 62.4 Å². The predicted octanol–water partition coefficient (Wildman–Crippen LogP) is 3.42. The number of rotatable bonds is 10. The van der Waals surface area contributed by atoms with Gasteiger partial charge in [0.25, 0.3) is 0 Å². The van der Waals surface area contributed by atoms with Crippen molar-refractivity contribution < 1.29 is 13.7 Å². The van der Waals surface area contributed by atoms with E-state index in [-0.39, 0.29) is 0 Å². The van der Waals surface area contributed by atoms with Crippen LogP contribution < -0.4 is 20.1 Å². The standard InChI is InChI=1S/C21H29N3O3S/c1-4-22-21(23-13-14-28(25)16-17-9-7-6-8-10-17)24-18-11-12-19(26-3)20(15-18)27-5-2/h6-12,15H,4-5,13-14,16H2,1-3H3,(H2,22,23,24). The molecule has 0 spiro atoms. The number of anilines is 1. The second-order valence-electron chi connectivity index (χ2n) is 5.96. The van der Waals surface area contributed by atoms with Crippen molar-refractivity contribution in [3.63, 3.8) is 0 Å². The fourth-order valence-electron chi connectivity index (χ4n) is 2.56. The van der Waals surface area contributed by atoms with Crippen LogP contribution in [-0.4, -0.2) is 42.7 Å². The number of hydrogen-bond acceptors (Lipinski definition) is 4. The molecule has 0 aliphatic heterocycles. The molecule has 0 saturated carbocycles. The Bertz CT molecular complexity index is 782. The Hall–Kier alpha value is -2.54. The largest absolute Gasteiger partial charge is 0.493 e. The number of aliphatic imine (C=N–C) groups is 1. The number of nitrogens with zero attached hydrogens (tertiary/aromatic N) is 1. The van der Waals surface area contributed by atoms with Crippen molar-refractivity contribution in [2.24, 2.45) is 4.99 Å². The molecule has 2 aromatic carbocycles. The highest BCUT2D eigenvalue weighted by molar-refractivity contribution is 7.84. The average Bonchev–Trinajstić information content (AvgIpc) is 2.69. The molecular weight excluding hydrogens is 374 g/mol. The van der Waals surface area contributed by atoms with Gasteiger partial charge in [-0.05, 0) is 31.5 Å². The first-order chi connectivity index (χ1) is 13.7. The Labute approximate surface area is 169 Å². The topological polar surface area (TPSA) is 72.0 Å². The van der Waals surface area contributed by atoms with E-state index in [1.165, 1.54) is 0 Å². The summed E-state index contributed by atoms with van der Waals surface area (Å²) in [5, 5.41) is 6.46. The molecule has 0 fully saturated rings. The molecule has 0 aliphatic rings. The van der Waals surface area contributed by atoms with E-state index in [1.54, 1.807) is 7.11 Å². The molecule has 2 aromatic rings. The number of nitrogens with one attached hydrogen (secondary N) is 2. The van der Waals surface area contributed by atoms with Crippen LogP contribution in [0.5, 0.6) is 11.5 Å². The molecule has 1 atom stereocenters. The Kier molecular flexibility index (Phi) is 9.34. The van der Waals surface area contributed by atoms with Crippen LogP contribution >= 0.6 is 0 Å². The lowest BCUT2D eigenvalue weighted by atomic mass is 10.2. The zero-order chi connectivity index (χ0) is 20.2. The Morgan fingerprint density at radius 3 is 2.57 bits per heavy atom. The van der Waals surface area contributed by atoms with Crippen LogP contribution in [0.4, 0.5) is 5.69 Å². The summed E-state index contributed by atoms with van der Waals surface area (Å²) in [6.07, 6.45) is 0. The van der Waals surface area contributed by atoms with Crippen LogP contribution in [0.15, 0.2) is 53.5 Å². The van der Waals surface area contributed by atoms with Crippen molar-refractivity contribution in [3.8, 4) is 11.5 Å². The first kappa shape index (κ1) is 21.8. The third-order valence-electron chi connectivity index (χ3n) is 3.83. The molecule has 0 saturated heterocycles. The van der Waals surface area contributed by atoms with Crippen LogP contribution in [0.25, 0.3) is 0 Å². The fourth-order valence-corrected chi connectivity index (χ4v) is 3.56. The number of guanidine groups is 1. The third kappa shape index (κ3) is 7.23. The lowest BCUT2D eigenvalue weighted by Crippen LogP contribution is -2.31. The normalized spacial score (nSPS) is 12.3. The minimum atomic E-state index is -0.948. The van der Waals surface area contributed by atoms with Crippen LogP contribution in [0, 0.1) is 0 Å². The molecule has 7 heteroatoms. The first-order valence-corrected chi connectivity index (χ1v) is 10.9. The molecule has 0 heterocycles. The summed E-state index contributed by atoms with van der Waals surface area (Å²) in [4.78, 5) is 4.54. The van der Waals surface area contributed by atoms with E-state index in [4.69, 9.17) is 9.47 Å². The first-order valence-electron chi connectivity index (χ1n) is 9.41. The fraction of sp³-hybridized carbons (Fsp3) is 0.381. The minimum Gasteiger partial charge on any atom is -0.493 e. The maximum absolute atomic E-state index is 12.3. The van der Waals surface area contributed by atoms with Gasteiger partial charge in [0.05, 0.1) is 20.3 Å². The van der Waals surface area contributed by atoms with Crippen molar-refractivity contribution in [2.45, 2.75) is 19.6 Å². The van der Waals surface area contributed by atoms with Gasteiger partial charge in [0.15, 0.2) is 17.5 Å². The van der Waals surface area contributed by atoms with Gasteiger partial charge in [-0.15, -0.1) is 0 Å². The monoisotopic (exact) mass is 403 g/mol. The highest BCUT2D eigenvalue weighted by atomic mass is 32.2. The van der Waals surface area contributed by atoms with E-state index in [0.717, 1.165) is 17.8 Å². The molecule has 6 nitrogen and oxygen atoms in total. The highest BCUT2D eigenvalue weighted by Crippen LogP contribution is 2.30. The second kappa shape index (κ2) is 12.0. The lowest BCUT2D eigenvalue weighted by molar-refractivity contribution is 0.311. The van der Waals surface area contributed by atoms with Crippen molar-refractivity contribution in [1.29, 1.82) is 0 Å². The van der Waals surface area contributed by atoms with Crippen molar-refractivity contribution >= 4 is 22.4 Å². The Morgan fingerprint density at radius 2 is 1.89 bits per heavy atom. The maximum Gasteiger partial charge on any atom is 0.195 e. The second-order valence-corrected chi connectivity index (χ2v) is 7.53. The molecule has 0 bridgehead atoms. The van der Waals surface area contributed by atoms with Crippen molar-refractivity contribution in [2.75, 3.05) is 37.9 Å². The number of ether oxygens (including phenoxy) is 2. The summed E-state index contributed by atoms with van der Waals surface area (Å²) in [6, 6.07) is 15.5. The summed E-state index contributed by atoms with van der Waals surface area (Å²) >= 11 is 0. The van der Waals surface area contributed by atoms with Crippen LogP contribution in [-0.2, 0) is 16.6 Å². The van der Waals surface area contributed by atoms with Gasteiger partial charge in [-0.2, -0.15) is 0 Å². The summed E-state index contributed by atoms with van der Waals surface area (Å²) in [5.74, 6) is 3.07. The lowest BCUT2D eigenvalue weighted by Gasteiger charge is -2.14. The summed E-state index contributed by atoms with van der Waals surface area (Å²) in [7, 11) is 0.669. The zero-order valence-electron chi connectivity index (χ0n) is 16.7. The number of benzene rings is 2. The van der Waals surface area contributed by atoms with Crippen molar-refractivity contribution in [1.82, 2.24) is 5.32 Å². The van der Waals surface area contributed by atoms with Crippen molar-refractivity contribution in [3.05, 3.63) is 54.1 Å². The molecule has 1 unspecified atom stereocenters. The van der Waals surface area contributed by atoms with Crippen LogP contribution in [0.2, 0.25) is 0 Å². The van der Waals surface area contributed by atoms with Crippen LogP contribution in [0.3, 0.4) is 0 Å². The van der Waals surface area contributed by atoms with E-state index >= 15 is 0 Å². The van der Waals surface area contributed by atoms with Gasteiger partial charge in [0.1, 0.15) is 0 Å². The Balaban J connectivity index is 1.96. The molecule has 2 rings (SSSR count). The van der Waals surface area contributed by atoms with E-state index in [0.29, 0.717) is 42.1 Å². The molecule has 28 heavy (non-hydrogen) atoms. The van der Waals surface area contributed by atoms with E-state index in [2.05, 4.69) is 15.6 Å². The average molecular weight is 404 g/mol.